The van der Waals surface area contributed by atoms with Crippen LogP contribution in [0.2, 0.25) is 0 Å². The fraction of sp³-hybridized carbons (Fsp3) is 0.500. The Morgan fingerprint density at radius 3 is 1.59 bits per heavy atom. The molecule has 15 heteroatoms. The van der Waals surface area contributed by atoms with E-state index in [1.54, 1.807) is 9.80 Å². The zero-order chi connectivity index (χ0) is 58.2. The molecular formula is C64H87N7O8. The van der Waals surface area contributed by atoms with Gasteiger partial charge in [0.25, 0.3) is 0 Å². The maximum absolute atomic E-state index is 14.2. The molecule has 3 aromatic rings. The quantitative estimate of drug-likeness (QED) is 0.105. The number of aliphatic imine (C=N–C) groups is 2. The molecule has 6 rings (SSSR count). The molecule has 426 valence electrons. The molecule has 0 spiro atoms. The molecule has 1 unspecified atom stereocenters. The SMILES string of the molecule is CC1=CC2=Nc3cc(C)c(N(CCCCCCCCCN(C(=O)OC(C)(C)C)c4cc(C)c(/N=C5/C=C(C)C(NC(=O)OC(C)(C)C)=CC5)cc4C)C(=O)OC(C)(C)C)cc3N(c3ccccc3)C2C=C1NC(=O)OC(C)(C)C. The Morgan fingerprint density at radius 1 is 0.595 bits per heavy atom. The van der Waals surface area contributed by atoms with Gasteiger partial charge in [-0.2, -0.15) is 0 Å². The number of rotatable bonds is 16. The van der Waals surface area contributed by atoms with E-state index in [-0.39, 0.29) is 12.1 Å². The first-order chi connectivity index (χ1) is 36.8. The van der Waals surface area contributed by atoms with E-state index >= 15 is 0 Å². The zero-order valence-corrected chi connectivity index (χ0v) is 50.2. The lowest BCUT2D eigenvalue weighted by molar-refractivity contribution is 0.0535. The molecular weight excluding hydrogens is 995 g/mol. The van der Waals surface area contributed by atoms with Crippen molar-refractivity contribution in [2.24, 2.45) is 9.98 Å². The van der Waals surface area contributed by atoms with Gasteiger partial charge in [-0.1, -0.05) is 56.4 Å². The molecule has 4 amide bonds. The first-order valence-corrected chi connectivity index (χ1v) is 27.9. The normalized spacial score (nSPS) is 16.0. The molecule has 3 aliphatic rings. The molecule has 0 radical (unpaired) electrons. The van der Waals surface area contributed by atoms with Gasteiger partial charge in [0, 0.05) is 42.3 Å². The molecule has 1 atom stereocenters. The number of carbonyl (C=O) groups excluding carboxylic acids is 4. The van der Waals surface area contributed by atoms with E-state index in [2.05, 4.69) is 15.5 Å². The number of allylic oxidation sites excluding steroid dienone is 4. The lowest BCUT2D eigenvalue weighted by Gasteiger charge is -2.39. The van der Waals surface area contributed by atoms with Crippen molar-refractivity contribution < 1.29 is 38.1 Å². The summed E-state index contributed by atoms with van der Waals surface area (Å²) < 4.78 is 23.1. The van der Waals surface area contributed by atoms with Gasteiger partial charge in [-0.3, -0.25) is 25.4 Å². The molecule has 2 N–H and O–H groups in total. The van der Waals surface area contributed by atoms with Gasteiger partial charge in [-0.15, -0.1) is 0 Å². The van der Waals surface area contributed by atoms with Crippen LogP contribution in [-0.4, -0.2) is 77.3 Å². The molecule has 1 aliphatic heterocycles. The number of unbranched alkanes of at least 4 members (excludes halogenated alkanes) is 6. The molecule has 3 aromatic carbocycles. The molecule has 0 saturated carbocycles. The lowest BCUT2D eigenvalue weighted by Crippen LogP contribution is -2.42. The predicted octanol–water partition coefficient (Wildman–Crippen LogP) is 16.3. The molecule has 0 saturated heterocycles. The second-order valence-electron chi connectivity index (χ2n) is 24.9. The maximum Gasteiger partial charge on any atom is 0.414 e. The Balaban J connectivity index is 1.11. The van der Waals surface area contributed by atoms with E-state index < -0.39 is 40.7 Å². The molecule has 15 nitrogen and oxygen atoms in total. The van der Waals surface area contributed by atoms with E-state index in [9.17, 15) is 19.2 Å². The summed E-state index contributed by atoms with van der Waals surface area (Å²) in [6, 6.07) is 17.8. The van der Waals surface area contributed by atoms with Gasteiger partial charge in [0.05, 0.1) is 40.2 Å². The number of para-hydroxylation sites is 1. The van der Waals surface area contributed by atoms with Crippen LogP contribution in [0.5, 0.6) is 0 Å². The molecule has 0 fully saturated rings. The second kappa shape index (κ2) is 25.3. The fourth-order valence-electron chi connectivity index (χ4n) is 9.46. The molecule has 0 bridgehead atoms. The van der Waals surface area contributed by atoms with Crippen molar-refractivity contribution in [2.45, 2.75) is 198 Å². The number of ether oxygens (including phenoxy) is 4. The highest BCUT2D eigenvalue weighted by Crippen LogP contribution is 2.45. The van der Waals surface area contributed by atoms with Crippen molar-refractivity contribution in [3.63, 3.8) is 0 Å². The number of hydrogen-bond acceptors (Lipinski definition) is 11. The van der Waals surface area contributed by atoms with Crippen molar-refractivity contribution in [2.75, 3.05) is 27.8 Å². The van der Waals surface area contributed by atoms with Crippen molar-refractivity contribution in [3.05, 3.63) is 118 Å². The summed E-state index contributed by atoms with van der Waals surface area (Å²) in [5, 5.41) is 5.82. The van der Waals surface area contributed by atoms with Crippen molar-refractivity contribution >= 4 is 69.9 Å². The first kappa shape index (κ1) is 61.1. The highest BCUT2D eigenvalue weighted by atomic mass is 16.6. The largest absolute Gasteiger partial charge is 0.444 e. The lowest BCUT2D eigenvalue weighted by atomic mass is 9.93. The Morgan fingerprint density at radius 2 is 1.08 bits per heavy atom. The zero-order valence-electron chi connectivity index (χ0n) is 50.2. The van der Waals surface area contributed by atoms with E-state index in [1.807, 2.05) is 197 Å². The van der Waals surface area contributed by atoms with Gasteiger partial charge < -0.3 is 23.8 Å². The fourth-order valence-corrected chi connectivity index (χ4v) is 9.46. The van der Waals surface area contributed by atoms with Gasteiger partial charge >= 0.3 is 24.4 Å². The summed E-state index contributed by atoms with van der Waals surface area (Å²) in [6.07, 6.45) is 13.0. The van der Waals surface area contributed by atoms with Crippen LogP contribution < -0.4 is 25.3 Å². The molecule has 0 aromatic heterocycles. The number of alkyl carbamates (subject to hydrolysis) is 2. The number of anilines is 4. The number of carbonyl (C=O) groups is 4. The van der Waals surface area contributed by atoms with Gasteiger partial charge in [0.1, 0.15) is 22.4 Å². The highest BCUT2D eigenvalue weighted by molar-refractivity contribution is 6.11. The predicted molar refractivity (Wildman–Crippen MR) is 320 cm³/mol. The van der Waals surface area contributed by atoms with Crippen LogP contribution in [-0.2, 0) is 18.9 Å². The van der Waals surface area contributed by atoms with Gasteiger partial charge in [0.15, 0.2) is 0 Å². The van der Waals surface area contributed by atoms with Crippen LogP contribution in [0.15, 0.2) is 111 Å². The Labute approximate surface area is 470 Å². The van der Waals surface area contributed by atoms with Gasteiger partial charge in [-0.25, -0.2) is 24.2 Å². The average molecular weight is 1080 g/mol. The third-order valence-corrected chi connectivity index (χ3v) is 13.0. The maximum atomic E-state index is 14.2. The topological polar surface area (TPSA) is 164 Å². The highest BCUT2D eigenvalue weighted by Gasteiger charge is 2.35. The Bertz CT molecular complexity index is 2940. The average Bonchev–Trinajstić information content (AvgIpc) is 3.47. The number of benzene rings is 3. The van der Waals surface area contributed by atoms with Crippen LogP contribution in [0.3, 0.4) is 0 Å². The molecule has 1 heterocycles. The van der Waals surface area contributed by atoms with Crippen LogP contribution in [0.1, 0.15) is 165 Å². The monoisotopic (exact) mass is 1080 g/mol. The third kappa shape index (κ3) is 17.7. The minimum absolute atomic E-state index is 0.364. The third-order valence-electron chi connectivity index (χ3n) is 13.0. The number of nitrogens with one attached hydrogen (secondary N) is 2. The molecule has 79 heavy (non-hydrogen) atoms. The van der Waals surface area contributed by atoms with Crippen molar-refractivity contribution in [3.8, 4) is 0 Å². The number of nitrogens with zero attached hydrogens (tertiary/aromatic N) is 5. The van der Waals surface area contributed by atoms with E-state index in [0.29, 0.717) is 30.9 Å². The van der Waals surface area contributed by atoms with Crippen molar-refractivity contribution in [1.29, 1.82) is 0 Å². The van der Waals surface area contributed by atoms with Crippen LogP contribution in [0, 0.1) is 20.8 Å². The molecule has 2 aliphatic carbocycles. The van der Waals surface area contributed by atoms with Crippen molar-refractivity contribution in [1.82, 2.24) is 10.6 Å². The van der Waals surface area contributed by atoms with E-state index in [0.717, 1.165) is 118 Å². The van der Waals surface area contributed by atoms with Crippen LogP contribution in [0.4, 0.5) is 53.3 Å². The summed E-state index contributed by atoms with van der Waals surface area (Å²) in [4.78, 5) is 69.4. The second-order valence-corrected chi connectivity index (χ2v) is 24.9. The summed E-state index contributed by atoms with van der Waals surface area (Å²) in [6.45, 7) is 33.1. The number of fused-ring (bicyclic) bond motifs is 2. The number of amides is 4. The standard InChI is InChI=1S/C64H87N7O8/c1-41-34-46(30-31-48(41)67-57(72)76-61(6,7)8)65-49-36-44(4)53(38-43(49)3)69(59(74)78-63(12,13)14)32-26-21-19-18-20-22-27-33-70(60(75)79-64(15,16)17)54-40-56-52(37-45(54)5)66-51-35-42(2)50(68-58(73)77-62(9,10)11)39-55(51)71(56)47-28-24-23-25-29-47/h23-25,28-29,31,34-40,55H,18-22,26-27,30,32-33H2,1-17H3,(H,67,72)(H,68,73)/b65-46+. The van der Waals surface area contributed by atoms with Crippen LogP contribution >= 0.6 is 0 Å². The minimum atomic E-state index is -0.711. The van der Waals surface area contributed by atoms with Gasteiger partial charge in [0.2, 0.25) is 0 Å². The summed E-state index contributed by atoms with van der Waals surface area (Å²) in [5.41, 5.74) is 9.74. The first-order valence-electron chi connectivity index (χ1n) is 27.9. The Hall–Kier alpha value is -7.16. The minimum Gasteiger partial charge on any atom is -0.444 e. The summed E-state index contributed by atoms with van der Waals surface area (Å²) >= 11 is 0. The Kier molecular flexibility index (Phi) is 19.6. The van der Waals surface area contributed by atoms with Crippen LogP contribution in [0.25, 0.3) is 0 Å². The number of hydrogen-bond donors (Lipinski definition) is 2. The van der Waals surface area contributed by atoms with E-state index in [1.165, 1.54) is 0 Å². The summed E-state index contributed by atoms with van der Waals surface area (Å²) in [7, 11) is 0. The van der Waals surface area contributed by atoms with E-state index in [4.69, 9.17) is 28.9 Å². The summed E-state index contributed by atoms with van der Waals surface area (Å²) in [5.74, 6) is 0. The van der Waals surface area contributed by atoms with Gasteiger partial charge in [-0.05, 0) is 213 Å². The smallest absolute Gasteiger partial charge is 0.414 e. The number of aryl methyl sites for hydroxylation is 3.